The minimum Gasteiger partial charge on any atom is -0.363 e. The summed E-state index contributed by atoms with van der Waals surface area (Å²) in [7, 11) is 4.16. The minimum absolute atomic E-state index is 0.757. The molecule has 0 aliphatic heterocycles. The van der Waals surface area contributed by atoms with Crippen LogP contribution in [0.2, 0.25) is 0 Å². The van der Waals surface area contributed by atoms with Gasteiger partial charge < -0.3 is 15.5 Å². The molecule has 0 aromatic heterocycles. The van der Waals surface area contributed by atoms with E-state index in [1.54, 1.807) is 0 Å². The second-order valence-electron chi connectivity index (χ2n) is 4.50. The fourth-order valence-electron chi connectivity index (χ4n) is 1.51. The Kier molecular flexibility index (Phi) is 8.62. The van der Waals surface area contributed by atoms with E-state index >= 15 is 0 Å². The van der Waals surface area contributed by atoms with E-state index < -0.39 is 0 Å². The topological polar surface area (TPSA) is 27.3 Å². The summed E-state index contributed by atoms with van der Waals surface area (Å²) >= 11 is 7.06. The number of benzene rings is 1. The predicted octanol–water partition coefficient (Wildman–Crippen LogP) is 2.19. The second-order valence-corrected chi connectivity index (χ2v) is 6.08. The summed E-state index contributed by atoms with van der Waals surface area (Å²) in [4.78, 5) is 3.48. The van der Waals surface area contributed by atoms with Crippen molar-refractivity contribution in [2.75, 3.05) is 39.5 Å². The first kappa shape index (κ1) is 16.3. The molecule has 1 rings (SSSR count). The van der Waals surface area contributed by atoms with Gasteiger partial charge >= 0.3 is 0 Å². The van der Waals surface area contributed by atoms with Gasteiger partial charge in [0.1, 0.15) is 0 Å². The van der Waals surface area contributed by atoms with Gasteiger partial charge in [-0.15, -0.1) is 11.8 Å². The zero-order valence-corrected chi connectivity index (χ0v) is 13.3. The van der Waals surface area contributed by atoms with E-state index in [0.29, 0.717) is 0 Å². The minimum atomic E-state index is 0.757. The number of thioether (sulfide) groups is 1. The third kappa shape index (κ3) is 8.86. The first-order chi connectivity index (χ1) is 9.18. The van der Waals surface area contributed by atoms with Crippen LogP contribution in [-0.2, 0) is 0 Å². The summed E-state index contributed by atoms with van der Waals surface area (Å²) < 4.78 is 0. The predicted molar refractivity (Wildman–Crippen MR) is 88.9 cm³/mol. The van der Waals surface area contributed by atoms with Crippen molar-refractivity contribution in [1.82, 2.24) is 15.5 Å². The third-order valence-corrected chi connectivity index (χ3v) is 3.77. The highest BCUT2D eigenvalue weighted by Gasteiger charge is 1.96. The maximum atomic E-state index is 5.22. The van der Waals surface area contributed by atoms with Gasteiger partial charge in [0.2, 0.25) is 0 Å². The van der Waals surface area contributed by atoms with Gasteiger partial charge in [-0.05, 0) is 51.4 Å². The van der Waals surface area contributed by atoms with Gasteiger partial charge in [0.25, 0.3) is 0 Å². The lowest BCUT2D eigenvalue weighted by Crippen LogP contribution is -2.37. The van der Waals surface area contributed by atoms with Crippen molar-refractivity contribution in [2.24, 2.45) is 0 Å². The Balaban J connectivity index is 1.98. The van der Waals surface area contributed by atoms with Crippen molar-refractivity contribution >= 4 is 29.1 Å². The van der Waals surface area contributed by atoms with Crippen molar-refractivity contribution in [1.29, 1.82) is 0 Å². The summed E-state index contributed by atoms with van der Waals surface area (Å²) in [5.41, 5.74) is 0. The molecule has 0 saturated carbocycles. The third-order valence-electron chi connectivity index (χ3n) is 2.47. The first-order valence-electron chi connectivity index (χ1n) is 6.53. The molecule has 1 aromatic carbocycles. The quantitative estimate of drug-likeness (QED) is 0.436. The van der Waals surface area contributed by atoms with Crippen LogP contribution in [0.15, 0.2) is 35.2 Å². The molecule has 0 saturated heterocycles. The van der Waals surface area contributed by atoms with Crippen molar-refractivity contribution < 1.29 is 0 Å². The summed E-state index contributed by atoms with van der Waals surface area (Å²) in [5.74, 6) is 1.02. The molecule has 1 aromatic rings. The molecule has 0 bridgehead atoms. The second kappa shape index (κ2) is 10.1. The molecule has 0 spiro atoms. The van der Waals surface area contributed by atoms with E-state index in [1.807, 2.05) is 17.8 Å². The Morgan fingerprint density at radius 1 is 1.16 bits per heavy atom. The van der Waals surface area contributed by atoms with Crippen LogP contribution in [0, 0.1) is 0 Å². The summed E-state index contributed by atoms with van der Waals surface area (Å²) in [6.07, 6.45) is 1.10. The number of rotatable bonds is 8. The fraction of sp³-hybridized carbons (Fsp3) is 0.500. The van der Waals surface area contributed by atoms with Gasteiger partial charge in [-0.2, -0.15) is 0 Å². The Morgan fingerprint density at radius 2 is 1.84 bits per heavy atom. The highest BCUT2D eigenvalue weighted by Crippen LogP contribution is 2.15. The zero-order valence-electron chi connectivity index (χ0n) is 11.7. The van der Waals surface area contributed by atoms with Gasteiger partial charge in [0.05, 0.1) is 0 Å². The van der Waals surface area contributed by atoms with Crippen molar-refractivity contribution in [3.8, 4) is 0 Å². The van der Waals surface area contributed by atoms with E-state index in [-0.39, 0.29) is 0 Å². The van der Waals surface area contributed by atoms with Crippen LogP contribution in [0.25, 0.3) is 0 Å². The maximum Gasteiger partial charge on any atom is 0.166 e. The first-order valence-corrected chi connectivity index (χ1v) is 7.92. The Labute approximate surface area is 126 Å². The maximum absolute atomic E-state index is 5.22. The molecular formula is C14H23N3S2. The van der Waals surface area contributed by atoms with Crippen LogP contribution in [-0.4, -0.2) is 49.5 Å². The van der Waals surface area contributed by atoms with Crippen LogP contribution in [0.1, 0.15) is 6.42 Å². The van der Waals surface area contributed by atoms with Crippen LogP contribution in [0.4, 0.5) is 0 Å². The lowest BCUT2D eigenvalue weighted by atomic mass is 10.4. The van der Waals surface area contributed by atoms with Crippen LogP contribution < -0.4 is 10.6 Å². The van der Waals surface area contributed by atoms with E-state index in [9.17, 15) is 0 Å². The zero-order chi connectivity index (χ0) is 13.9. The number of nitrogens with one attached hydrogen (secondary N) is 2. The lowest BCUT2D eigenvalue weighted by Gasteiger charge is -2.12. The average molecular weight is 297 g/mol. The monoisotopic (exact) mass is 297 g/mol. The highest BCUT2D eigenvalue weighted by atomic mass is 32.2. The van der Waals surface area contributed by atoms with Gasteiger partial charge in [0.15, 0.2) is 5.11 Å². The standard InChI is InChI=1S/C14H23N3S2/c1-17(2)11-6-9-15-14(18)16-10-12-19-13-7-4-3-5-8-13/h3-5,7-8H,6,9-12H2,1-2H3,(H2,15,16,18). The van der Waals surface area contributed by atoms with E-state index in [2.05, 4.69) is 53.9 Å². The molecule has 2 N–H and O–H groups in total. The van der Waals surface area contributed by atoms with Crippen LogP contribution >= 0.6 is 24.0 Å². The fourth-order valence-corrected chi connectivity index (χ4v) is 2.50. The Hall–Kier alpha value is -0.780. The SMILES string of the molecule is CN(C)CCCNC(=S)NCCSc1ccccc1. The van der Waals surface area contributed by atoms with E-state index in [4.69, 9.17) is 12.2 Å². The summed E-state index contributed by atoms with van der Waals surface area (Å²) in [6, 6.07) is 10.4. The molecule has 0 atom stereocenters. The number of nitrogens with zero attached hydrogens (tertiary/aromatic N) is 1. The van der Waals surface area contributed by atoms with Gasteiger partial charge in [-0.1, -0.05) is 18.2 Å². The van der Waals surface area contributed by atoms with Crippen LogP contribution in [0.3, 0.4) is 0 Å². The Morgan fingerprint density at radius 3 is 2.53 bits per heavy atom. The molecule has 106 valence electrons. The summed E-state index contributed by atoms with van der Waals surface area (Å²) in [5, 5.41) is 7.20. The lowest BCUT2D eigenvalue weighted by molar-refractivity contribution is 0.400. The van der Waals surface area contributed by atoms with E-state index in [0.717, 1.165) is 36.9 Å². The molecule has 0 aliphatic carbocycles. The number of hydrogen-bond donors (Lipinski definition) is 2. The molecule has 0 fully saturated rings. The average Bonchev–Trinajstić information content (AvgIpc) is 2.41. The molecule has 0 aliphatic rings. The van der Waals surface area contributed by atoms with Gasteiger partial charge in [0, 0.05) is 23.7 Å². The highest BCUT2D eigenvalue weighted by molar-refractivity contribution is 7.99. The van der Waals surface area contributed by atoms with E-state index in [1.165, 1.54) is 4.90 Å². The van der Waals surface area contributed by atoms with Gasteiger partial charge in [-0.25, -0.2) is 0 Å². The normalized spacial score (nSPS) is 10.5. The molecule has 3 nitrogen and oxygen atoms in total. The van der Waals surface area contributed by atoms with Gasteiger partial charge in [-0.3, -0.25) is 0 Å². The smallest absolute Gasteiger partial charge is 0.166 e. The molecule has 19 heavy (non-hydrogen) atoms. The van der Waals surface area contributed by atoms with Crippen molar-refractivity contribution in [3.05, 3.63) is 30.3 Å². The van der Waals surface area contributed by atoms with Crippen molar-refractivity contribution in [3.63, 3.8) is 0 Å². The number of hydrogen-bond acceptors (Lipinski definition) is 3. The summed E-state index contributed by atoms with van der Waals surface area (Å²) in [6.45, 7) is 2.90. The molecule has 0 radical (unpaired) electrons. The number of thiocarbonyl (C=S) groups is 1. The largest absolute Gasteiger partial charge is 0.363 e. The van der Waals surface area contributed by atoms with Crippen LogP contribution in [0.5, 0.6) is 0 Å². The molecule has 0 unspecified atom stereocenters. The Bertz CT molecular complexity index is 355. The molecule has 5 heteroatoms. The van der Waals surface area contributed by atoms with Crippen molar-refractivity contribution in [2.45, 2.75) is 11.3 Å². The molecule has 0 heterocycles. The molecular weight excluding hydrogens is 274 g/mol. The molecule has 0 amide bonds.